The van der Waals surface area contributed by atoms with Crippen LogP contribution in [0.5, 0.6) is 0 Å². The van der Waals surface area contributed by atoms with Crippen LogP contribution in [0.25, 0.3) is 0 Å². The van der Waals surface area contributed by atoms with Crippen molar-refractivity contribution in [2.24, 2.45) is 0 Å². The van der Waals surface area contributed by atoms with Gasteiger partial charge in [0.25, 0.3) is 5.91 Å². The number of carbonyl (C=O) groups is 1. The maximum Gasteiger partial charge on any atom is 0.257 e. The Morgan fingerprint density at radius 3 is 2.23 bits per heavy atom. The molecule has 7 heteroatoms. The molecule has 0 atom stereocenters. The van der Waals surface area contributed by atoms with Crippen molar-refractivity contribution in [1.29, 1.82) is 0 Å². The van der Waals surface area contributed by atoms with Gasteiger partial charge in [0.1, 0.15) is 5.82 Å². The third-order valence-electron chi connectivity index (χ3n) is 4.33. The minimum absolute atomic E-state index is 0.201. The van der Waals surface area contributed by atoms with Gasteiger partial charge in [-0.05, 0) is 67.8 Å². The van der Waals surface area contributed by atoms with Crippen LogP contribution in [0.3, 0.4) is 0 Å². The quantitative estimate of drug-likeness (QED) is 0.812. The summed E-state index contributed by atoms with van der Waals surface area (Å²) in [6, 6.07) is 13.3. The lowest BCUT2D eigenvalue weighted by molar-refractivity contribution is 0.0977. The van der Waals surface area contributed by atoms with E-state index < -0.39 is 0 Å². The Kier molecular flexibility index (Phi) is 5.80. The van der Waals surface area contributed by atoms with Crippen molar-refractivity contribution in [3.8, 4) is 0 Å². The lowest BCUT2D eigenvalue weighted by atomic mass is 10.2. The molecule has 5 nitrogen and oxygen atoms in total. The summed E-state index contributed by atoms with van der Waals surface area (Å²) in [5, 5.41) is 5.78. The van der Waals surface area contributed by atoms with Crippen LogP contribution in [-0.2, 0) is 0 Å². The van der Waals surface area contributed by atoms with Crippen LogP contribution in [0.15, 0.2) is 48.5 Å². The Labute approximate surface area is 157 Å². The average Bonchev–Trinajstić information content (AvgIpc) is 2.63. The molecule has 0 spiro atoms. The Bertz CT molecular complexity index is 771. The van der Waals surface area contributed by atoms with Crippen molar-refractivity contribution in [1.82, 2.24) is 10.2 Å². The van der Waals surface area contributed by atoms with E-state index in [2.05, 4.69) is 27.5 Å². The molecule has 1 saturated heterocycles. The van der Waals surface area contributed by atoms with Crippen molar-refractivity contribution < 1.29 is 9.18 Å². The zero-order chi connectivity index (χ0) is 18.5. The molecule has 1 fully saturated rings. The Balaban J connectivity index is 1.54. The number of thiocarbonyl (C=S) groups is 1. The molecule has 0 aromatic heterocycles. The highest BCUT2D eigenvalue weighted by molar-refractivity contribution is 7.80. The van der Waals surface area contributed by atoms with E-state index in [-0.39, 0.29) is 16.8 Å². The number of carbonyl (C=O) groups excluding carboxylic acids is 1. The molecule has 1 heterocycles. The molecular weight excluding hydrogens is 351 g/mol. The van der Waals surface area contributed by atoms with Gasteiger partial charge in [-0.2, -0.15) is 0 Å². The molecule has 0 bridgehead atoms. The first-order chi connectivity index (χ1) is 12.5. The van der Waals surface area contributed by atoms with Crippen LogP contribution in [-0.4, -0.2) is 49.1 Å². The van der Waals surface area contributed by atoms with Crippen LogP contribution < -0.4 is 15.5 Å². The van der Waals surface area contributed by atoms with Crippen molar-refractivity contribution in [3.63, 3.8) is 0 Å². The van der Waals surface area contributed by atoms with Gasteiger partial charge in [-0.1, -0.05) is 0 Å². The predicted octanol–water partition coefficient (Wildman–Crippen LogP) is 2.70. The summed E-state index contributed by atoms with van der Waals surface area (Å²) in [5.41, 5.74) is 2.32. The fourth-order valence-electron chi connectivity index (χ4n) is 2.76. The van der Waals surface area contributed by atoms with Gasteiger partial charge in [-0.25, -0.2) is 4.39 Å². The molecule has 0 saturated carbocycles. The van der Waals surface area contributed by atoms with E-state index in [9.17, 15) is 9.18 Å². The number of hydrogen-bond donors (Lipinski definition) is 2. The summed E-state index contributed by atoms with van der Waals surface area (Å²) in [6.45, 7) is 4.13. The van der Waals surface area contributed by atoms with Crippen molar-refractivity contribution in [2.45, 2.75) is 0 Å². The summed E-state index contributed by atoms with van der Waals surface area (Å²) in [5.74, 6) is -0.765. The van der Waals surface area contributed by atoms with E-state index in [0.717, 1.165) is 31.9 Å². The second-order valence-corrected chi connectivity index (χ2v) is 6.66. The lowest BCUT2D eigenvalue weighted by Gasteiger charge is -2.34. The number of hydrogen-bond acceptors (Lipinski definition) is 4. The van der Waals surface area contributed by atoms with Crippen LogP contribution in [0.4, 0.5) is 15.8 Å². The molecule has 136 valence electrons. The lowest BCUT2D eigenvalue weighted by Crippen LogP contribution is -2.44. The van der Waals surface area contributed by atoms with E-state index in [1.807, 2.05) is 24.3 Å². The van der Waals surface area contributed by atoms with Crippen LogP contribution in [0.2, 0.25) is 0 Å². The predicted molar refractivity (Wildman–Crippen MR) is 106 cm³/mol. The second kappa shape index (κ2) is 8.25. The molecule has 2 aromatic rings. The van der Waals surface area contributed by atoms with E-state index in [1.54, 1.807) is 0 Å². The van der Waals surface area contributed by atoms with E-state index in [0.29, 0.717) is 5.56 Å². The van der Waals surface area contributed by atoms with E-state index in [4.69, 9.17) is 12.2 Å². The zero-order valence-electron chi connectivity index (χ0n) is 14.5. The third-order valence-corrected chi connectivity index (χ3v) is 4.53. The standard InChI is InChI=1S/C19H21FN4OS/c1-23-10-12-24(13-11-23)17-8-6-16(7-9-17)21-19(26)22-18(25)14-2-4-15(20)5-3-14/h2-9H,10-13H2,1H3,(H2,21,22,25,26). The molecule has 2 N–H and O–H groups in total. The maximum absolute atomic E-state index is 12.9. The molecule has 0 aliphatic carbocycles. The first-order valence-corrected chi connectivity index (χ1v) is 8.83. The highest BCUT2D eigenvalue weighted by Crippen LogP contribution is 2.19. The number of rotatable bonds is 3. The number of halogens is 1. The Hall–Kier alpha value is -2.51. The zero-order valence-corrected chi connectivity index (χ0v) is 15.4. The van der Waals surface area contributed by atoms with Crippen LogP contribution in [0.1, 0.15) is 10.4 Å². The number of piperazine rings is 1. The fraction of sp³-hybridized carbons (Fsp3) is 0.263. The number of amides is 1. The number of benzene rings is 2. The summed E-state index contributed by atoms with van der Waals surface area (Å²) in [6.07, 6.45) is 0. The first kappa shape index (κ1) is 18.3. The smallest absolute Gasteiger partial charge is 0.257 e. The summed E-state index contributed by atoms with van der Waals surface area (Å²) >= 11 is 5.18. The topological polar surface area (TPSA) is 47.6 Å². The first-order valence-electron chi connectivity index (χ1n) is 8.43. The molecule has 26 heavy (non-hydrogen) atoms. The number of nitrogens with one attached hydrogen (secondary N) is 2. The van der Waals surface area contributed by atoms with Gasteiger partial charge in [0.05, 0.1) is 0 Å². The second-order valence-electron chi connectivity index (χ2n) is 6.25. The van der Waals surface area contributed by atoms with E-state index >= 15 is 0 Å². The number of anilines is 2. The summed E-state index contributed by atoms with van der Waals surface area (Å²) in [4.78, 5) is 16.7. The fourth-order valence-corrected chi connectivity index (χ4v) is 2.97. The maximum atomic E-state index is 12.9. The molecular formula is C19H21FN4OS. The molecule has 1 amide bonds. The highest BCUT2D eigenvalue weighted by atomic mass is 32.1. The number of nitrogens with zero attached hydrogens (tertiary/aromatic N) is 2. The van der Waals surface area contributed by atoms with Gasteiger partial charge < -0.3 is 15.1 Å². The van der Waals surface area contributed by atoms with Crippen LogP contribution in [0, 0.1) is 5.82 Å². The van der Waals surface area contributed by atoms with Crippen molar-refractivity contribution >= 4 is 34.6 Å². The monoisotopic (exact) mass is 372 g/mol. The van der Waals surface area contributed by atoms with Gasteiger partial charge >= 0.3 is 0 Å². The van der Waals surface area contributed by atoms with Gasteiger partial charge in [0.2, 0.25) is 0 Å². The minimum Gasteiger partial charge on any atom is -0.369 e. The summed E-state index contributed by atoms with van der Waals surface area (Å²) in [7, 11) is 2.13. The SMILES string of the molecule is CN1CCN(c2ccc(NC(=S)NC(=O)c3ccc(F)cc3)cc2)CC1. The molecule has 1 aliphatic rings. The molecule has 3 rings (SSSR count). The van der Waals surface area contributed by atoms with E-state index in [1.165, 1.54) is 30.0 Å². The Morgan fingerprint density at radius 1 is 1.00 bits per heavy atom. The highest BCUT2D eigenvalue weighted by Gasteiger charge is 2.14. The molecule has 2 aromatic carbocycles. The average molecular weight is 372 g/mol. The van der Waals surface area contributed by atoms with Gasteiger partial charge in [0.15, 0.2) is 5.11 Å². The van der Waals surface area contributed by atoms with Gasteiger partial charge in [-0.3, -0.25) is 10.1 Å². The number of likely N-dealkylation sites (N-methyl/N-ethyl adjacent to an activating group) is 1. The third kappa shape index (κ3) is 4.77. The molecule has 0 unspecified atom stereocenters. The normalized spacial score (nSPS) is 14.8. The minimum atomic E-state index is -0.386. The molecule has 0 radical (unpaired) electrons. The molecule has 1 aliphatic heterocycles. The van der Waals surface area contributed by atoms with Crippen molar-refractivity contribution in [2.75, 3.05) is 43.4 Å². The van der Waals surface area contributed by atoms with Gasteiger partial charge in [-0.15, -0.1) is 0 Å². The largest absolute Gasteiger partial charge is 0.369 e. The Morgan fingerprint density at radius 2 is 1.62 bits per heavy atom. The van der Waals surface area contributed by atoms with Crippen molar-refractivity contribution in [3.05, 3.63) is 59.9 Å². The van der Waals surface area contributed by atoms with Crippen LogP contribution >= 0.6 is 12.2 Å². The summed E-state index contributed by atoms with van der Waals surface area (Å²) < 4.78 is 12.9. The van der Waals surface area contributed by atoms with Gasteiger partial charge in [0, 0.05) is 43.1 Å².